The second-order valence-electron chi connectivity index (χ2n) is 4.54. The number of carbonyl (C=O) groups is 1. The van der Waals surface area contributed by atoms with Crippen LogP contribution in [0.1, 0.15) is 25.9 Å². The average molecular weight is 362 g/mol. The zero-order valence-corrected chi connectivity index (χ0v) is 15.0. The van der Waals surface area contributed by atoms with E-state index in [1.807, 2.05) is 32.2 Å². The van der Waals surface area contributed by atoms with Gasteiger partial charge >= 0.3 is 0 Å². The summed E-state index contributed by atoms with van der Waals surface area (Å²) in [5.74, 6) is -0.0328. The molecule has 0 saturated heterocycles. The molecule has 0 bridgehead atoms. The standard InChI is InChI=1S/C15H19N3OS.2ClH/c1-11-14(15(19)17-9-8-16-2)20-13(18-11)10-12-6-4-3-5-7-12;;/h3-7,16H,8-10H2,1-2H3,(H,17,19);2*1H. The zero-order chi connectivity index (χ0) is 14.4. The van der Waals surface area contributed by atoms with Crippen molar-refractivity contribution in [1.82, 2.24) is 15.6 Å². The number of thiazole rings is 1. The number of halogens is 2. The van der Waals surface area contributed by atoms with Gasteiger partial charge in [0.1, 0.15) is 4.88 Å². The van der Waals surface area contributed by atoms with E-state index < -0.39 is 0 Å². The van der Waals surface area contributed by atoms with E-state index in [4.69, 9.17) is 0 Å². The summed E-state index contributed by atoms with van der Waals surface area (Å²) in [6.07, 6.45) is 0.774. The maximum Gasteiger partial charge on any atom is 0.263 e. The van der Waals surface area contributed by atoms with Gasteiger partial charge in [0.2, 0.25) is 0 Å². The molecule has 1 aromatic carbocycles. The Morgan fingerprint density at radius 2 is 1.86 bits per heavy atom. The van der Waals surface area contributed by atoms with Gasteiger partial charge in [-0.2, -0.15) is 0 Å². The van der Waals surface area contributed by atoms with Gasteiger partial charge in [0, 0.05) is 19.5 Å². The first kappa shape index (κ1) is 20.9. The minimum Gasteiger partial charge on any atom is -0.350 e. The maximum atomic E-state index is 12.0. The van der Waals surface area contributed by atoms with Crippen LogP contribution in [-0.2, 0) is 6.42 Å². The Kier molecular flexibility index (Phi) is 10.0. The summed E-state index contributed by atoms with van der Waals surface area (Å²) in [5, 5.41) is 6.87. The number of nitrogens with one attached hydrogen (secondary N) is 2. The first-order chi connectivity index (χ1) is 9.70. The SMILES string of the molecule is CNCCNC(=O)c1sc(Cc2ccccc2)nc1C.Cl.Cl. The van der Waals surface area contributed by atoms with Crippen molar-refractivity contribution in [2.45, 2.75) is 13.3 Å². The van der Waals surface area contributed by atoms with E-state index >= 15 is 0 Å². The van der Waals surface area contributed by atoms with Crippen molar-refractivity contribution in [1.29, 1.82) is 0 Å². The largest absolute Gasteiger partial charge is 0.350 e. The fourth-order valence-electron chi connectivity index (χ4n) is 1.89. The summed E-state index contributed by atoms with van der Waals surface area (Å²) < 4.78 is 0. The lowest BCUT2D eigenvalue weighted by Gasteiger charge is -2.02. The summed E-state index contributed by atoms with van der Waals surface area (Å²) in [6, 6.07) is 10.2. The molecule has 2 N–H and O–H groups in total. The van der Waals surface area contributed by atoms with Gasteiger partial charge < -0.3 is 10.6 Å². The highest BCUT2D eigenvalue weighted by Gasteiger charge is 2.14. The Morgan fingerprint density at radius 1 is 1.18 bits per heavy atom. The molecule has 1 heterocycles. The highest BCUT2D eigenvalue weighted by molar-refractivity contribution is 7.13. The quantitative estimate of drug-likeness (QED) is 0.777. The lowest BCUT2D eigenvalue weighted by Crippen LogP contribution is -2.30. The van der Waals surface area contributed by atoms with Gasteiger partial charge in [-0.3, -0.25) is 4.79 Å². The van der Waals surface area contributed by atoms with Gasteiger partial charge in [0.15, 0.2) is 0 Å². The predicted octanol–water partition coefficient (Wildman–Crippen LogP) is 2.84. The van der Waals surface area contributed by atoms with Crippen molar-refractivity contribution < 1.29 is 4.79 Å². The molecule has 122 valence electrons. The van der Waals surface area contributed by atoms with Crippen molar-refractivity contribution >= 4 is 42.1 Å². The molecule has 22 heavy (non-hydrogen) atoms. The third kappa shape index (κ3) is 5.93. The minimum atomic E-state index is -0.0328. The highest BCUT2D eigenvalue weighted by Crippen LogP contribution is 2.20. The van der Waals surface area contributed by atoms with Crippen LogP contribution in [-0.4, -0.2) is 31.0 Å². The first-order valence-corrected chi connectivity index (χ1v) is 7.45. The van der Waals surface area contributed by atoms with Crippen molar-refractivity contribution in [3.8, 4) is 0 Å². The molecule has 0 atom stereocenters. The van der Waals surface area contributed by atoms with Crippen molar-refractivity contribution in [2.75, 3.05) is 20.1 Å². The number of nitrogens with zero attached hydrogens (tertiary/aromatic N) is 1. The van der Waals surface area contributed by atoms with Crippen molar-refractivity contribution in [3.63, 3.8) is 0 Å². The first-order valence-electron chi connectivity index (χ1n) is 6.63. The second-order valence-corrected chi connectivity index (χ2v) is 5.63. The molecule has 2 rings (SSSR count). The summed E-state index contributed by atoms with van der Waals surface area (Å²) in [5.41, 5.74) is 2.02. The third-order valence-electron chi connectivity index (χ3n) is 2.91. The Morgan fingerprint density at radius 3 is 2.50 bits per heavy atom. The van der Waals surface area contributed by atoms with E-state index in [-0.39, 0.29) is 30.7 Å². The lowest BCUT2D eigenvalue weighted by atomic mass is 10.2. The average Bonchev–Trinajstić information content (AvgIpc) is 2.81. The lowest BCUT2D eigenvalue weighted by molar-refractivity contribution is 0.0957. The van der Waals surface area contributed by atoms with E-state index in [1.54, 1.807) is 0 Å². The fourth-order valence-corrected chi connectivity index (χ4v) is 2.91. The van der Waals surface area contributed by atoms with Gasteiger partial charge in [-0.25, -0.2) is 4.98 Å². The Hall–Kier alpha value is -1.14. The van der Waals surface area contributed by atoms with E-state index in [2.05, 4.69) is 27.8 Å². The number of benzene rings is 1. The molecule has 0 saturated carbocycles. The van der Waals surface area contributed by atoms with Crippen LogP contribution >= 0.6 is 36.2 Å². The molecular weight excluding hydrogens is 341 g/mol. The normalized spacial score (nSPS) is 9.55. The molecule has 0 radical (unpaired) electrons. The molecule has 0 aliphatic rings. The Balaban J connectivity index is 0.00000220. The third-order valence-corrected chi connectivity index (χ3v) is 4.06. The number of likely N-dealkylation sites (N-methyl/N-ethyl adjacent to an activating group) is 1. The zero-order valence-electron chi connectivity index (χ0n) is 12.6. The van der Waals surface area contributed by atoms with Gasteiger partial charge in [0.25, 0.3) is 5.91 Å². The number of hydrogen-bond donors (Lipinski definition) is 2. The maximum absolute atomic E-state index is 12.0. The van der Waals surface area contributed by atoms with E-state index in [0.717, 1.165) is 23.7 Å². The summed E-state index contributed by atoms with van der Waals surface area (Å²) >= 11 is 1.48. The molecule has 7 heteroatoms. The number of aryl methyl sites for hydroxylation is 1. The van der Waals surface area contributed by atoms with Crippen LogP contribution in [0.5, 0.6) is 0 Å². The Labute approximate surface area is 147 Å². The molecule has 1 amide bonds. The number of hydrogen-bond acceptors (Lipinski definition) is 4. The van der Waals surface area contributed by atoms with E-state index in [0.29, 0.717) is 11.4 Å². The van der Waals surface area contributed by atoms with E-state index in [9.17, 15) is 4.79 Å². The summed E-state index contributed by atoms with van der Waals surface area (Å²) in [6.45, 7) is 3.28. The monoisotopic (exact) mass is 361 g/mol. The van der Waals surface area contributed by atoms with Crippen LogP contribution in [0.3, 0.4) is 0 Å². The number of aromatic nitrogens is 1. The van der Waals surface area contributed by atoms with Crippen LogP contribution in [0.25, 0.3) is 0 Å². The molecule has 2 aromatic rings. The van der Waals surface area contributed by atoms with Gasteiger partial charge in [-0.1, -0.05) is 30.3 Å². The highest BCUT2D eigenvalue weighted by atomic mass is 35.5. The van der Waals surface area contributed by atoms with Crippen LogP contribution < -0.4 is 10.6 Å². The molecule has 0 spiro atoms. The predicted molar refractivity (Wildman–Crippen MR) is 96.9 cm³/mol. The second kappa shape index (κ2) is 10.6. The molecule has 0 aliphatic carbocycles. The number of rotatable bonds is 6. The topological polar surface area (TPSA) is 54.0 Å². The van der Waals surface area contributed by atoms with Crippen LogP contribution in [0, 0.1) is 6.92 Å². The van der Waals surface area contributed by atoms with Crippen molar-refractivity contribution in [3.05, 3.63) is 51.5 Å². The van der Waals surface area contributed by atoms with Gasteiger partial charge in [-0.05, 0) is 19.5 Å². The molecule has 0 aliphatic heterocycles. The summed E-state index contributed by atoms with van der Waals surface area (Å²) in [4.78, 5) is 17.2. The Bertz CT molecular complexity index is 575. The number of amides is 1. The summed E-state index contributed by atoms with van der Waals surface area (Å²) in [7, 11) is 1.86. The molecular formula is C15H21Cl2N3OS. The van der Waals surface area contributed by atoms with Gasteiger partial charge in [0.05, 0.1) is 10.7 Å². The number of carbonyl (C=O) groups excluding carboxylic acids is 1. The van der Waals surface area contributed by atoms with Crippen LogP contribution in [0.2, 0.25) is 0 Å². The molecule has 0 fully saturated rings. The van der Waals surface area contributed by atoms with Crippen LogP contribution in [0.4, 0.5) is 0 Å². The smallest absolute Gasteiger partial charge is 0.263 e. The van der Waals surface area contributed by atoms with E-state index in [1.165, 1.54) is 16.9 Å². The van der Waals surface area contributed by atoms with Crippen molar-refractivity contribution in [2.24, 2.45) is 0 Å². The molecule has 1 aromatic heterocycles. The van der Waals surface area contributed by atoms with Gasteiger partial charge in [-0.15, -0.1) is 36.2 Å². The fraction of sp³-hybridized carbons (Fsp3) is 0.333. The molecule has 0 unspecified atom stereocenters. The van der Waals surface area contributed by atoms with Crippen LogP contribution in [0.15, 0.2) is 30.3 Å². The molecule has 4 nitrogen and oxygen atoms in total. The minimum absolute atomic E-state index is 0.